The van der Waals surface area contributed by atoms with Gasteiger partial charge in [-0.15, -0.1) is 0 Å². The Labute approximate surface area is 86.9 Å². The van der Waals surface area contributed by atoms with E-state index in [0.29, 0.717) is 6.54 Å². The summed E-state index contributed by atoms with van der Waals surface area (Å²) < 4.78 is 0.980. The van der Waals surface area contributed by atoms with E-state index in [4.69, 9.17) is 5.73 Å². The van der Waals surface area contributed by atoms with Gasteiger partial charge >= 0.3 is 0 Å². The molecule has 2 atom stereocenters. The smallest absolute Gasteiger partial charge is 0.0827 e. The van der Waals surface area contributed by atoms with Gasteiger partial charge in [0.25, 0.3) is 0 Å². The zero-order valence-electron chi connectivity index (χ0n) is 7.57. The summed E-state index contributed by atoms with van der Waals surface area (Å²) in [6, 6.07) is 7.66. The van der Waals surface area contributed by atoms with Crippen LogP contribution in [0, 0.1) is 5.92 Å². The summed E-state index contributed by atoms with van der Waals surface area (Å²) >= 11 is 3.36. The lowest BCUT2D eigenvalue weighted by molar-refractivity contribution is 0.121. The predicted octanol–water partition coefficient (Wildman–Crippen LogP) is 2.08. The van der Waals surface area contributed by atoms with Crippen molar-refractivity contribution < 1.29 is 5.11 Å². The summed E-state index contributed by atoms with van der Waals surface area (Å²) in [6.07, 6.45) is -0.470. The average Bonchev–Trinajstić information content (AvgIpc) is 2.15. The number of rotatable bonds is 3. The molecule has 2 unspecified atom stereocenters. The van der Waals surface area contributed by atoms with Gasteiger partial charge in [0.05, 0.1) is 6.10 Å². The molecule has 0 heterocycles. The van der Waals surface area contributed by atoms with Gasteiger partial charge in [0.2, 0.25) is 0 Å². The maximum Gasteiger partial charge on any atom is 0.0827 e. The van der Waals surface area contributed by atoms with Crippen LogP contribution in [0.25, 0.3) is 0 Å². The number of benzene rings is 1. The largest absolute Gasteiger partial charge is 0.388 e. The highest BCUT2D eigenvalue weighted by molar-refractivity contribution is 9.10. The van der Waals surface area contributed by atoms with Gasteiger partial charge in [0, 0.05) is 4.47 Å². The van der Waals surface area contributed by atoms with Crippen LogP contribution in [0.2, 0.25) is 0 Å². The third-order valence-electron chi connectivity index (χ3n) is 2.10. The Morgan fingerprint density at radius 3 is 2.77 bits per heavy atom. The fourth-order valence-corrected chi connectivity index (χ4v) is 1.56. The lowest BCUT2D eigenvalue weighted by Gasteiger charge is -2.17. The highest BCUT2D eigenvalue weighted by Gasteiger charge is 2.14. The second kappa shape index (κ2) is 4.74. The summed E-state index contributed by atoms with van der Waals surface area (Å²) in [6.45, 7) is 2.43. The molecule has 0 radical (unpaired) electrons. The zero-order chi connectivity index (χ0) is 9.84. The molecule has 13 heavy (non-hydrogen) atoms. The van der Waals surface area contributed by atoms with Crippen molar-refractivity contribution in [1.82, 2.24) is 0 Å². The molecule has 0 aromatic heterocycles. The normalized spacial score (nSPS) is 15.4. The van der Waals surface area contributed by atoms with Crippen LogP contribution in [-0.2, 0) is 0 Å². The van der Waals surface area contributed by atoms with Crippen molar-refractivity contribution in [2.45, 2.75) is 13.0 Å². The average molecular weight is 244 g/mol. The standard InChI is InChI=1S/C10H14BrNO/c1-7(6-12)10(13)8-3-2-4-9(11)5-8/h2-5,7,10,13H,6,12H2,1H3. The molecule has 1 aromatic carbocycles. The summed E-state index contributed by atoms with van der Waals surface area (Å²) in [5, 5.41) is 9.81. The molecule has 0 aliphatic rings. The Hall–Kier alpha value is -0.380. The lowest BCUT2D eigenvalue weighted by Crippen LogP contribution is -2.18. The summed E-state index contributed by atoms with van der Waals surface area (Å²) in [5.41, 5.74) is 6.39. The first kappa shape index (κ1) is 10.7. The highest BCUT2D eigenvalue weighted by atomic mass is 79.9. The first-order valence-electron chi connectivity index (χ1n) is 4.28. The summed E-state index contributed by atoms with van der Waals surface area (Å²) in [5.74, 6) is 0.0919. The van der Waals surface area contributed by atoms with Crippen molar-refractivity contribution in [3.63, 3.8) is 0 Å². The Morgan fingerprint density at radius 1 is 1.54 bits per heavy atom. The van der Waals surface area contributed by atoms with Crippen LogP contribution in [0.1, 0.15) is 18.6 Å². The minimum absolute atomic E-state index is 0.0919. The molecule has 0 saturated heterocycles. The number of halogens is 1. The number of nitrogens with two attached hydrogens (primary N) is 1. The van der Waals surface area contributed by atoms with Gasteiger partial charge in [-0.1, -0.05) is 35.0 Å². The van der Waals surface area contributed by atoms with Gasteiger partial charge in [-0.05, 0) is 30.2 Å². The number of hydrogen-bond acceptors (Lipinski definition) is 2. The van der Waals surface area contributed by atoms with E-state index in [1.54, 1.807) is 0 Å². The van der Waals surface area contributed by atoms with Crippen LogP contribution in [0.3, 0.4) is 0 Å². The molecule has 1 aromatic rings. The van der Waals surface area contributed by atoms with Gasteiger partial charge in [0.15, 0.2) is 0 Å². The third kappa shape index (κ3) is 2.79. The van der Waals surface area contributed by atoms with Gasteiger partial charge in [-0.2, -0.15) is 0 Å². The molecular formula is C10H14BrNO. The Balaban J connectivity index is 2.82. The van der Waals surface area contributed by atoms with Crippen molar-refractivity contribution >= 4 is 15.9 Å². The van der Waals surface area contributed by atoms with Crippen LogP contribution in [0.5, 0.6) is 0 Å². The van der Waals surface area contributed by atoms with E-state index in [1.165, 1.54) is 0 Å². The highest BCUT2D eigenvalue weighted by Crippen LogP contribution is 2.23. The van der Waals surface area contributed by atoms with E-state index in [1.807, 2.05) is 31.2 Å². The van der Waals surface area contributed by atoms with Crippen molar-refractivity contribution in [3.8, 4) is 0 Å². The molecule has 72 valence electrons. The van der Waals surface area contributed by atoms with Gasteiger partial charge < -0.3 is 10.8 Å². The zero-order valence-corrected chi connectivity index (χ0v) is 9.16. The molecule has 0 aliphatic carbocycles. The minimum atomic E-state index is -0.470. The van der Waals surface area contributed by atoms with Gasteiger partial charge in [-0.25, -0.2) is 0 Å². The van der Waals surface area contributed by atoms with E-state index in [9.17, 15) is 5.11 Å². The molecule has 1 rings (SSSR count). The molecule has 0 aliphatic heterocycles. The van der Waals surface area contributed by atoms with Crippen LogP contribution >= 0.6 is 15.9 Å². The second-order valence-electron chi connectivity index (χ2n) is 3.21. The van der Waals surface area contributed by atoms with Crippen molar-refractivity contribution in [1.29, 1.82) is 0 Å². The summed E-state index contributed by atoms with van der Waals surface area (Å²) in [4.78, 5) is 0. The van der Waals surface area contributed by atoms with E-state index in [0.717, 1.165) is 10.0 Å². The molecule has 0 fully saturated rings. The predicted molar refractivity (Wildman–Crippen MR) is 57.3 cm³/mol. The Morgan fingerprint density at radius 2 is 2.23 bits per heavy atom. The third-order valence-corrected chi connectivity index (χ3v) is 2.59. The Kier molecular flexibility index (Phi) is 3.90. The number of aliphatic hydroxyl groups excluding tert-OH is 1. The van der Waals surface area contributed by atoms with E-state index in [2.05, 4.69) is 15.9 Å². The van der Waals surface area contributed by atoms with Crippen LogP contribution in [0.4, 0.5) is 0 Å². The minimum Gasteiger partial charge on any atom is -0.388 e. The second-order valence-corrected chi connectivity index (χ2v) is 4.13. The van der Waals surface area contributed by atoms with Crippen LogP contribution in [0.15, 0.2) is 28.7 Å². The van der Waals surface area contributed by atoms with Gasteiger partial charge in [-0.3, -0.25) is 0 Å². The molecule has 0 spiro atoms. The van der Waals surface area contributed by atoms with Crippen molar-refractivity contribution in [2.24, 2.45) is 11.7 Å². The lowest BCUT2D eigenvalue weighted by atomic mass is 9.98. The molecule has 0 bridgehead atoms. The molecule has 3 heteroatoms. The number of hydrogen-bond donors (Lipinski definition) is 2. The SMILES string of the molecule is CC(CN)C(O)c1cccc(Br)c1. The van der Waals surface area contributed by atoms with E-state index >= 15 is 0 Å². The monoisotopic (exact) mass is 243 g/mol. The maximum absolute atomic E-state index is 9.81. The molecule has 3 N–H and O–H groups in total. The maximum atomic E-state index is 9.81. The fourth-order valence-electron chi connectivity index (χ4n) is 1.15. The van der Waals surface area contributed by atoms with E-state index < -0.39 is 6.10 Å². The van der Waals surface area contributed by atoms with Crippen molar-refractivity contribution in [2.75, 3.05) is 6.54 Å². The Bertz CT molecular complexity index is 277. The topological polar surface area (TPSA) is 46.2 Å². The van der Waals surface area contributed by atoms with Crippen molar-refractivity contribution in [3.05, 3.63) is 34.3 Å². The fraction of sp³-hybridized carbons (Fsp3) is 0.400. The van der Waals surface area contributed by atoms with Crippen LogP contribution in [-0.4, -0.2) is 11.7 Å². The quantitative estimate of drug-likeness (QED) is 0.855. The van der Waals surface area contributed by atoms with Crippen LogP contribution < -0.4 is 5.73 Å². The molecular weight excluding hydrogens is 230 g/mol. The molecule has 2 nitrogen and oxygen atoms in total. The first-order chi connectivity index (χ1) is 6.15. The first-order valence-corrected chi connectivity index (χ1v) is 5.08. The molecule has 0 saturated carbocycles. The van der Waals surface area contributed by atoms with Gasteiger partial charge in [0.1, 0.15) is 0 Å². The van der Waals surface area contributed by atoms with E-state index in [-0.39, 0.29) is 5.92 Å². The number of aliphatic hydroxyl groups is 1. The summed E-state index contributed by atoms with van der Waals surface area (Å²) in [7, 11) is 0. The molecule has 0 amide bonds.